The van der Waals surface area contributed by atoms with Crippen LogP contribution in [0.1, 0.15) is 30.4 Å². The van der Waals surface area contributed by atoms with Gasteiger partial charge in [-0.1, -0.05) is 60.7 Å². The maximum atomic E-state index is 12.6. The van der Waals surface area contributed by atoms with Gasteiger partial charge in [-0.25, -0.2) is 19.2 Å². The summed E-state index contributed by atoms with van der Waals surface area (Å²) < 4.78 is 19.9. The molecule has 3 aliphatic heterocycles. The molecule has 3 aliphatic rings. The van der Waals surface area contributed by atoms with Crippen molar-refractivity contribution in [3.8, 4) is 0 Å². The normalized spacial score (nSPS) is 20.4. The second-order valence-electron chi connectivity index (χ2n) is 10.3. The van der Waals surface area contributed by atoms with Gasteiger partial charge in [0, 0.05) is 19.4 Å². The van der Waals surface area contributed by atoms with Crippen LogP contribution in [0.15, 0.2) is 60.7 Å². The molecule has 0 N–H and O–H groups in total. The summed E-state index contributed by atoms with van der Waals surface area (Å²) in [5.41, 5.74) is 1.76. The second kappa shape index (κ2) is 15.8. The predicted octanol–water partition coefficient (Wildman–Crippen LogP) is 4.28. The van der Waals surface area contributed by atoms with E-state index < -0.39 is 30.2 Å². The van der Waals surface area contributed by atoms with Crippen molar-refractivity contribution in [2.45, 2.75) is 48.6 Å². The van der Waals surface area contributed by atoms with E-state index >= 15 is 0 Å². The molecule has 2 aromatic carbocycles. The van der Waals surface area contributed by atoms with Crippen LogP contribution in [-0.4, -0.2) is 94.7 Å². The fourth-order valence-corrected chi connectivity index (χ4v) is 8.39. The SMILES string of the molecule is COC(=O)[C@@H]1CC(=O)CN1C(=O)OCc1ccccc1.COC(=O)[C@@H]1CC2(CN1C(=O)OCc1ccccc1)SCCCS2. The zero-order chi connectivity index (χ0) is 31.5. The van der Waals surface area contributed by atoms with E-state index in [1.807, 2.05) is 84.2 Å². The minimum absolute atomic E-state index is 0.0207. The Morgan fingerprint density at radius 2 is 1.27 bits per heavy atom. The van der Waals surface area contributed by atoms with Crippen molar-refractivity contribution in [1.29, 1.82) is 0 Å². The Balaban J connectivity index is 0.000000204. The first-order valence-corrected chi connectivity index (χ1v) is 16.1. The van der Waals surface area contributed by atoms with Crippen LogP contribution in [0.2, 0.25) is 0 Å². The summed E-state index contributed by atoms with van der Waals surface area (Å²) in [5.74, 6) is 0.974. The topological polar surface area (TPSA) is 129 Å². The third-order valence-electron chi connectivity index (χ3n) is 7.28. The number of ketones is 1. The number of ether oxygens (including phenoxy) is 4. The highest BCUT2D eigenvalue weighted by Gasteiger charge is 2.51. The molecule has 5 rings (SSSR count). The van der Waals surface area contributed by atoms with E-state index in [0.717, 1.165) is 27.5 Å². The maximum Gasteiger partial charge on any atom is 0.411 e. The molecule has 11 nitrogen and oxygen atoms in total. The molecule has 44 heavy (non-hydrogen) atoms. The number of rotatable bonds is 6. The number of hydrogen-bond donors (Lipinski definition) is 0. The van der Waals surface area contributed by atoms with Crippen LogP contribution in [0.25, 0.3) is 0 Å². The van der Waals surface area contributed by atoms with E-state index in [0.29, 0.717) is 13.0 Å². The standard InChI is InChI=1S/C17H21NO4S2.C14H15NO5/c1-21-15(19)14-10-17(23-8-5-9-24-17)12-18(14)16(20)22-11-13-6-3-2-4-7-13;1-19-13(17)12-7-11(16)8-15(12)14(18)20-9-10-5-3-2-4-6-10/h2-4,6-7,14H,5,8-12H2,1H3;2-6,12H,7-9H2,1H3/t14-;12-/m00/s1. The molecule has 0 unspecified atom stereocenters. The lowest BCUT2D eigenvalue weighted by atomic mass is 10.2. The van der Waals surface area contributed by atoms with Crippen molar-refractivity contribution >= 4 is 53.4 Å². The van der Waals surface area contributed by atoms with Crippen LogP contribution < -0.4 is 0 Å². The van der Waals surface area contributed by atoms with Gasteiger partial charge >= 0.3 is 24.1 Å². The van der Waals surface area contributed by atoms with Gasteiger partial charge in [0.2, 0.25) is 0 Å². The largest absolute Gasteiger partial charge is 0.467 e. The zero-order valence-corrected chi connectivity index (χ0v) is 26.3. The van der Waals surface area contributed by atoms with Crippen molar-refractivity contribution in [1.82, 2.24) is 9.80 Å². The number of carbonyl (C=O) groups excluding carboxylic acids is 5. The van der Waals surface area contributed by atoms with Crippen molar-refractivity contribution < 1.29 is 42.9 Å². The van der Waals surface area contributed by atoms with Gasteiger partial charge in [0.15, 0.2) is 5.78 Å². The number of esters is 2. The highest BCUT2D eigenvalue weighted by Crippen LogP contribution is 2.50. The lowest BCUT2D eigenvalue weighted by Gasteiger charge is -2.31. The molecule has 0 aliphatic carbocycles. The summed E-state index contributed by atoms with van der Waals surface area (Å²) in [4.78, 5) is 62.2. The number of carbonyl (C=O) groups is 5. The number of benzene rings is 2. The Morgan fingerprint density at radius 3 is 1.80 bits per heavy atom. The maximum absolute atomic E-state index is 12.6. The van der Waals surface area contributed by atoms with Crippen molar-refractivity contribution in [3.05, 3.63) is 71.8 Å². The molecule has 3 saturated heterocycles. The summed E-state index contributed by atoms with van der Waals surface area (Å²) in [6.07, 6.45) is 0.633. The van der Waals surface area contributed by atoms with Crippen LogP contribution in [0.4, 0.5) is 9.59 Å². The molecule has 0 bridgehead atoms. The first-order chi connectivity index (χ1) is 21.2. The van der Waals surface area contributed by atoms with Gasteiger partial charge in [0.05, 0.1) is 24.8 Å². The average Bonchev–Trinajstić information content (AvgIpc) is 3.64. The predicted molar refractivity (Wildman–Crippen MR) is 165 cm³/mol. The van der Waals surface area contributed by atoms with Crippen LogP contribution >= 0.6 is 23.5 Å². The van der Waals surface area contributed by atoms with Gasteiger partial charge in [0.25, 0.3) is 0 Å². The van der Waals surface area contributed by atoms with Crippen LogP contribution in [0.3, 0.4) is 0 Å². The summed E-state index contributed by atoms with van der Waals surface area (Å²) in [6.45, 7) is 0.707. The van der Waals surface area contributed by atoms with E-state index in [-0.39, 0.29) is 42.0 Å². The highest BCUT2D eigenvalue weighted by atomic mass is 32.2. The average molecular weight is 645 g/mol. The molecule has 0 saturated carbocycles. The first-order valence-electron chi connectivity index (χ1n) is 14.1. The summed E-state index contributed by atoms with van der Waals surface area (Å²) in [5, 5.41) is 0. The monoisotopic (exact) mass is 644 g/mol. The van der Waals surface area contributed by atoms with Gasteiger partial charge in [-0.3, -0.25) is 14.6 Å². The fourth-order valence-electron chi connectivity index (χ4n) is 5.04. The number of hydrogen-bond acceptors (Lipinski definition) is 11. The Morgan fingerprint density at radius 1 is 0.773 bits per heavy atom. The van der Waals surface area contributed by atoms with Crippen LogP contribution in [0.5, 0.6) is 0 Å². The summed E-state index contributed by atoms with van der Waals surface area (Å²) in [6, 6.07) is 17.3. The molecule has 2 atom stereocenters. The first kappa shape index (κ1) is 33.2. The molecule has 236 valence electrons. The summed E-state index contributed by atoms with van der Waals surface area (Å²) >= 11 is 3.69. The lowest BCUT2D eigenvalue weighted by molar-refractivity contribution is -0.146. The van der Waals surface area contributed by atoms with Gasteiger partial charge in [0.1, 0.15) is 25.3 Å². The van der Waals surface area contributed by atoms with Gasteiger partial charge < -0.3 is 18.9 Å². The quantitative estimate of drug-likeness (QED) is 0.330. The number of likely N-dealkylation sites (tertiary alicyclic amines) is 2. The van der Waals surface area contributed by atoms with Crippen LogP contribution in [0, 0.1) is 0 Å². The Labute approximate surface area is 264 Å². The Bertz CT molecular complexity index is 1310. The molecule has 0 aromatic heterocycles. The highest BCUT2D eigenvalue weighted by molar-refractivity contribution is 8.18. The molecule has 3 fully saturated rings. The number of thioether (sulfide) groups is 2. The molecular formula is C31H36N2O9S2. The zero-order valence-electron chi connectivity index (χ0n) is 24.7. The number of nitrogens with zero attached hydrogens (tertiary/aromatic N) is 2. The third-order valence-corrected chi connectivity index (χ3v) is 10.6. The molecule has 1 spiro atoms. The van der Waals surface area contributed by atoms with Crippen molar-refractivity contribution in [2.24, 2.45) is 0 Å². The van der Waals surface area contributed by atoms with E-state index in [1.54, 1.807) is 4.90 Å². The molecule has 13 heteroatoms. The van der Waals surface area contributed by atoms with E-state index in [9.17, 15) is 24.0 Å². The number of methoxy groups -OCH3 is 2. The molecule has 3 heterocycles. The number of Topliss-reactive ketones (excluding diaryl/α,β-unsaturated/α-hetero) is 1. The van der Waals surface area contributed by atoms with Gasteiger partial charge in [-0.2, -0.15) is 0 Å². The fraction of sp³-hybridized carbons (Fsp3) is 0.452. The van der Waals surface area contributed by atoms with Crippen LogP contribution in [-0.2, 0) is 46.5 Å². The Kier molecular flexibility index (Phi) is 12.0. The number of amides is 2. The molecule has 2 amide bonds. The van der Waals surface area contributed by atoms with E-state index in [2.05, 4.69) is 4.74 Å². The minimum Gasteiger partial charge on any atom is -0.467 e. The smallest absolute Gasteiger partial charge is 0.411 e. The molecule has 0 radical (unpaired) electrons. The minimum atomic E-state index is -0.879. The Hall–Kier alpha value is -3.71. The third kappa shape index (κ3) is 8.69. The molecular weight excluding hydrogens is 608 g/mol. The van der Waals surface area contributed by atoms with Crippen molar-refractivity contribution in [2.75, 3.05) is 38.8 Å². The van der Waals surface area contributed by atoms with Gasteiger partial charge in [-0.15, -0.1) is 23.5 Å². The van der Waals surface area contributed by atoms with Gasteiger partial charge in [-0.05, 0) is 29.1 Å². The van der Waals surface area contributed by atoms with Crippen molar-refractivity contribution in [3.63, 3.8) is 0 Å². The lowest BCUT2D eigenvalue weighted by Crippen LogP contribution is -2.41. The molecule has 2 aromatic rings. The van der Waals surface area contributed by atoms with E-state index in [1.165, 1.54) is 20.6 Å². The second-order valence-corrected chi connectivity index (χ2v) is 13.5. The summed E-state index contributed by atoms with van der Waals surface area (Å²) in [7, 11) is 2.58. The van der Waals surface area contributed by atoms with E-state index in [4.69, 9.17) is 14.2 Å².